The van der Waals surface area contributed by atoms with Crippen LogP contribution in [0.25, 0.3) is 11.4 Å². The highest BCUT2D eigenvalue weighted by molar-refractivity contribution is 5.53. The zero-order valence-corrected chi connectivity index (χ0v) is 14.7. The van der Waals surface area contributed by atoms with Gasteiger partial charge in [-0.3, -0.25) is 9.58 Å². The Kier molecular flexibility index (Phi) is 4.36. The summed E-state index contributed by atoms with van der Waals surface area (Å²) in [6, 6.07) is 12.6. The Hall–Kier alpha value is -2.47. The number of rotatable bonds is 6. The van der Waals surface area contributed by atoms with Gasteiger partial charge in [-0.15, -0.1) is 0 Å². The van der Waals surface area contributed by atoms with Gasteiger partial charge < -0.3 is 4.52 Å². The Morgan fingerprint density at radius 3 is 2.68 bits per heavy atom. The van der Waals surface area contributed by atoms with Gasteiger partial charge in [-0.25, -0.2) is 0 Å². The fourth-order valence-corrected chi connectivity index (χ4v) is 3.41. The minimum Gasteiger partial charge on any atom is -0.339 e. The number of aryl methyl sites for hydroxylation is 3. The molecule has 0 amide bonds. The molecule has 1 aliphatic heterocycles. The van der Waals surface area contributed by atoms with Gasteiger partial charge in [0.15, 0.2) is 0 Å². The zero-order valence-electron chi connectivity index (χ0n) is 14.7. The van der Waals surface area contributed by atoms with Crippen molar-refractivity contribution in [2.45, 2.75) is 32.7 Å². The van der Waals surface area contributed by atoms with Crippen LogP contribution in [0.15, 0.2) is 40.9 Å². The summed E-state index contributed by atoms with van der Waals surface area (Å²) < 4.78 is 7.53. The van der Waals surface area contributed by atoms with Gasteiger partial charge in [-0.1, -0.05) is 35.5 Å². The normalized spacial score (nSPS) is 15.4. The summed E-state index contributed by atoms with van der Waals surface area (Å²) >= 11 is 0. The van der Waals surface area contributed by atoms with Crippen LogP contribution in [0.5, 0.6) is 0 Å². The highest BCUT2D eigenvalue weighted by Gasteiger charge is 2.29. The van der Waals surface area contributed by atoms with Crippen molar-refractivity contribution in [1.82, 2.24) is 24.8 Å². The van der Waals surface area contributed by atoms with Crippen LogP contribution in [-0.4, -0.2) is 44.5 Å². The van der Waals surface area contributed by atoms with Gasteiger partial charge in [-0.2, -0.15) is 10.1 Å². The SMILES string of the molecule is Cc1cc(C)n(C2CN(CCCc3nc(-c4ccccc4)no3)C2)n1. The van der Waals surface area contributed by atoms with Gasteiger partial charge in [0.1, 0.15) is 0 Å². The lowest BCUT2D eigenvalue weighted by molar-refractivity contribution is 0.0951. The number of hydrogen-bond acceptors (Lipinski definition) is 5. The van der Waals surface area contributed by atoms with Crippen molar-refractivity contribution in [1.29, 1.82) is 0 Å². The summed E-state index contributed by atoms with van der Waals surface area (Å²) in [5, 5.41) is 8.65. The second-order valence-corrected chi connectivity index (χ2v) is 6.77. The molecule has 0 unspecified atom stereocenters. The molecule has 1 aromatic carbocycles. The molecule has 0 saturated carbocycles. The lowest BCUT2D eigenvalue weighted by atomic mass is 10.1. The average molecular weight is 337 g/mol. The van der Waals surface area contributed by atoms with Gasteiger partial charge in [0.25, 0.3) is 0 Å². The van der Waals surface area contributed by atoms with Crippen LogP contribution in [0.2, 0.25) is 0 Å². The van der Waals surface area contributed by atoms with Crippen LogP contribution in [0, 0.1) is 13.8 Å². The molecular weight excluding hydrogens is 314 g/mol. The maximum Gasteiger partial charge on any atom is 0.227 e. The van der Waals surface area contributed by atoms with Crippen molar-refractivity contribution in [3.63, 3.8) is 0 Å². The van der Waals surface area contributed by atoms with Crippen molar-refractivity contribution in [2.24, 2.45) is 0 Å². The number of aromatic nitrogens is 4. The first-order chi connectivity index (χ1) is 12.2. The molecule has 6 nitrogen and oxygen atoms in total. The smallest absolute Gasteiger partial charge is 0.227 e. The molecular formula is C19H23N5O. The fourth-order valence-electron chi connectivity index (χ4n) is 3.41. The molecule has 0 spiro atoms. The Bertz CT molecular complexity index is 833. The molecule has 1 fully saturated rings. The Balaban J connectivity index is 1.23. The van der Waals surface area contributed by atoms with Crippen molar-refractivity contribution in [3.05, 3.63) is 53.7 Å². The number of hydrogen-bond donors (Lipinski definition) is 0. The summed E-state index contributed by atoms with van der Waals surface area (Å²) in [5.41, 5.74) is 3.34. The maximum atomic E-state index is 5.37. The molecule has 2 aromatic heterocycles. The lowest BCUT2D eigenvalue weighted by Crippen LogP contribution is -2.48. The van der Waals surface area contributed by atoms with E-state index in [1.807, 2.05) is 37.3 Å². The first kappa shape index (κ1) is 16.0. The Morgan fingerprint density at radius 1 is 1.16 bits per heavy atom. The van der Waals surface area contributed by atoms with E-state index in [1.165, 1.54) is 5.69 Å². The highest BCUT2D eigenvalue weighted by atomic mass is 16.5. The van der Waals surface area contributed by atoms with Crippen molar-refractivity contribution in [2.75, 3.05) is 19.6 Å². The zero-order chi connectivity index (χ0) is 17.2. The van der Waals surface area contributed by atoms with Crippen molar-refractivity contribution in [3.8, 4) is 11.4 Å². The lowest BCUT2D eigenvalue weighted by Gasteiger charge is -2.39. The molecule has 130 valence electrons. The number of benzene rings is 1. The predicted molar refractivity (Wildman–Crippen MR) is 95.2 cm³/mol. The third-order valence-corrected chi connectivity index (χ3v) is 4.69. The van der Waals surface area contributed by atoms with E-state index in [4.69, 9.17) is 4.52 Å². The third-order valence-electron chi connectivity index (χ3n) is 4.69. The minimum atomic E-state index is 0.516. The van der Waals surface area contributed by atoms with E-state index in [0.717, 1.165) is 49.6 Å². The molecule has 4 rings (SSSR count). The highest BCUT2D eigenvalue weighted by Crippen LogP contribution is 2.23. The average Bonchev–Trinajstić information content (AvgIpc) is 3.17. The van der Waals surface area contributed by atoms with E-state index < -0.39 is 0 Å². The summed E-state index contributed by atoms with van der Waals surface area (Å²) in [6.45, 7) is 7.37. The molecule has 6 heteroatoms. The monoisotopic (exact) mass is 337 g/mol. The predicted octanol–water partition coefficient (Wildman–Crippen LogP) is 3.04. The van der Waals surface area contributed by atoms with Crippen molar-refractivity contribution >= 4 is 0 Å². The Morgan fingerprint density at radius 2 is 1.96 bits per heavy atom. The second kappa shape index (κ2) is 6.80. The van der Waals surface area contributed by atoms with Gasteiger partial charge in [0.05, 0.1) is 11.7 Å². The standard InChI is InChI=1S/C19H23N5O/c1-14-11-15(2)24(21-14)17-12-23(13-17)10-6-9-18-20-19(22-25-18)16-7-4-3-5-8-16/h3-5,7-8,11,17H,6,9-10,12-13H2,1-2H3. The van der Waals surface area contributed by atoms with E-state index in [2.05, 4.69) is 37.8 Å². The molecule has 1 aliphatic rings. The molecule has 3 heterocycles. The summed E-state index contributed by atoms with van der Waals surface area (Å²) in [5.74, 6) is 1.39. The molecule has 0 bridgehead atoms. The second-order valence-electron chi connectivity index (χ2n) is 6.77. The molecule has 0 radical (unpaired) electrons. The Labute approximate surface area is 147 Å². The maximum absolute atomic E-state index is 5.37. The van der Waals surface area contributed by atoms with Crippen LogP contribution in [-0.2, 0) is 6.42 Å². The molecule has 3 aromatic rings. The van der Waals surface area contributed by atoms with E-state index >= 15 is 0 Å². The van der Waals surface area contributed by atoms with Gasteiger partial charge >= 0.3 is 0 Å². The van der Waals surface area contributed by atoms with E-state index in [1.54, 1.807) is 0 Å². The van der Waals surface area contributed by atoms with Crippen LogP contribution < -0.4 is 0 Å². The summed E-state index contributed by atoms with van der Waals surface area (Å²) in [4.78, 5) is 6.94. The van der Waals surface area contributed by atoms with E-state index in [9.17, 15) is 0 Å². The molecule has 1 saturated heterocycles. The van der Waals surface area contributed by atoms with E-state index in [0.29, 0.717) is 11.9 Å². The third kappa shape index (κ3) is 3.49. The van der Waals surface area contributed by atoms with Gasteiger partial charge in [0.2, 0.25) is 11.7 Å². The van der Waals surface area contributed by atoms with Gasteiger partial charge in [-0.05, 0) is 32.9 Å². The number of nitrogens with zero attached hydrogens (tertiary/aromatic N) is 5. The minimum absolute atomic E-state index is 0.516. The summed E-state index contributed by atoms with van der Waals surface area (Å²) in [6.07, 6.45) is 1.85. The molecule has 0 atom stereocenters. The number of likely N-dealkylation sites (tertiary alicyclic amines) is 1. The summed E-state index contributed by atoms with van der Waals surface area (Å²) in [7, 11) is 0. The largest absolute Gasteiger partial charge is 0.339 e. The molecule has 0 aliphatic carbocycles. The van der Waals surface area contributed by atoms with Crippen LogP contribution >= 0.6 is 0 Å². The van der Waals surface area contributed by atoms with Crippen LogP contribution in [0.3, 0.4) is 0 Å². The first-order valence-electron chi connectivity index (χ1n) is 8.82. The first-order valence-corrected chi connectivity index (χ1v) is 8.82. The van der Waals surface area contributed by atoms with E-state index in [-0.39, 0.29) is 0 Å². The quantitative estimate of drug-likeness (QED) is 0.692. The van der Waals surface area contributed by atoms with Crippen LogP contribution in [0.1, 0.15) is 29.7 Å². The fraction of sp³-hybridized carbons (Fsp3) is 0.421. The topological polar surface area (TPSA) is 60.0 Å². The van der Waals surface area contributed by atoms with Crippen LogP contribution in [0.4, 0.5) is 0 Å². The van der Waals surface area contributed by atoms with Gasteiger partial charge in [0, 0.05) is 30.8 Å². The molecule has 25 heavy (non-hydrogen) atoms. The molecule has 0 N–H and O–H groups in total. The van der Waals surface area contributed by atoms with Crippen molar-refractivity contribution < 1.29 is 4.52 Å².